The Hall–Kier alpha value is -1.67. The molecule has 0 spiro atoms. The zero-order chi connectivity index (χ0) is 15.6. The SMILES string of the molecule is CCNc1ccc([N+](=O)[O-])c(S(=O)(=O)N(C)CC2CC2)c1. The predicted octanol–water partition coefficient (Wildman–Crippen LogP) is 2.06. The third kappa shape index (κ3) is 3.51. The van der Waals surface area contributed by atoms with Crippen LogP contribution in [0.1, 0.15) is 19.8 Å². The summed E-state index contributed by atoms with van der Waals surface area (Å²) >= 11 is 0. The van der Waals surface area contributed by atoms with Crippen LogP contribution < -0.4 is 5.32 Å². The second-order valence-corrected chi connectivity index (χ2v) is 7.21. The molecule has 1 saturated carbocycles. The lowest BCUT2D eigenvalue weighted by Gasteiger charge is -2.17. The summed E-state index contributed by atoms with van der Waals surface area (Å²) in [4.78, 5) is 10.2. The van der Waals surface area contributed by atoms with Gasteiger partial charge in [0.15, 0.2) is 4.90 Å². The van der Waals surface area contributed by atoms with E-state index in [0.717, 1.165) is 12.8 Å². The van der Waals surface area contributed by atoms with Gasteiger partial charge in [0.05, 0.1) is 4.92 Å². The number of hydrogen-bond donors (Lipinski definition) is 1. The van der Waals surface area contributed by atoms with Crippen LogP contribution in [0.2, 0.25) is 0 Å². The van der Waals surface area contributed by atoms with Crippen LogP contribution in [0.3, 0.4) is 0 Å². The molecule has 0 aliphatic heterocycles. The van der Waals surface area contributed by atoms with Crippen molar-refractivity contribution in [3.8, 4) is 0 Å². The van der Waals surface area contributed by atoms with Crippen molar-refractivity contribution in [3.05, 3.63) is 28.3 Å². The van der Waals surface area contributed by atoms with Gasteiger partial charge in [0.2, 0.25) is 10.0 Å². The van der Waals surface area contributed by atoms with Crippen LogP contribution >= 0.6 is 0 Å². The zero-order valence-electron chi connectivity index (χ0n) is 12.1. The van der Waals surface area contributed by atoms with Gasteiger partial charge in [0.25, 0.3) is 5.69 Å². The van der Waals surface area contributed by atoms with Crippen molar-refractivity contribution in [2.24, 2.45) is 5.92 Å². The molecule has 21 heavy (non-hydrogen) atoms. The molecule has 0 unspecified atom stereocenters. The van der Waals surface area contributed by atoms with Crippen molar-refractivity contribution in [1.29, 1.82) is 0 Å². The van der Waals surface area contributed by atoms with Gasteiger partial charge in [-0.1, -0.05) is 0 Å². The van der Waals surface area contributed by atoms with Crippen LogP contribution in [0.25, 0.3) is 0 Å². The standard InChI is InChI=1S/C13H19N3O4S/c1-3-14-11-6-7-12(16(17)18)13(8-11)21(19,20)15(2)9-10-4-5-10/h6-8,10,14H,3-5,9H2,1-2H3. The number of nitrogens with one attached hydrogen (secondary N) is 1. The topological polar surface area (TPSA) is 92.5 Å². The van der Waals surface area contributed by atoms with E-state index in [4.69, 9.17) is 0 Å². The summed E-state index contributed by atoms with van der Waals surface area (Å²) in [6, 6.07) is 4.08. The Kier molecular flexibility index (Phi) is 4.48. The minimum absolute atomic E-state index is 0.255. The number of anilines is 1. The highest BCUT2D eigenvalue weighted by Crippen LogP contribution is 2.33. The van der Waals surface area contributed by atoms with E-state index in [9.17, 15) is 18.5 Å². The molecule has 7 nitrogen and oxygen atoms in total. The molecule has 0 bridgehead atoms. The molecular formula is C13H19N3O4S. The lowest BCUT2D eigenvalue weighted by molar-refractivity contribution is -0.387. The largest absolute Gasteiger partial charge is 0.385 e. The lowest BCUT2D eigenvalue weighted by atomic mass is 10.3. The first-order chi connectivity index (χ1) is 9.86. The van der Waals surface area contributed by atoms with E-state index in [1.807, 2.05) is 6.92 Å². The average molecular weight is 313 g/mol. The van der Waals surface area contributed by atoms with Crippen LogP contribution in [0.15, 0.2) is 23.1 Å². The third-order valence-corrected chi connectivity index (χ3v) is 5.29. The summed E-state index contributed by atoms with van der Waals surface area (Å²) in [5.74, 6) is 0.376. The molecule has 116 valence electrons. The Morgan fingerprint density at radius 1 is 1.43 bits per heavy atom. The molecule has 0 aromatic heterocycles. The molecule has 0 amide bonds. The van der Waals surface area contributed by atoms with E-state index in [2.05, 4.69) is 5.32 Å². The van der Waals surface area contributed by atoms with Crippen molar-refractivity contribution in [1.82, 2.24) is 4.31 Å². The number of hydrogen-bond acceptors (Lipinski definition) is 5. The summed E-state index contributed by atoms with van der Waals surface area (Å²) in [6.07, 6.45) is 2.03. The summed E-state index contributed by atoms with van der Waals surface area (Å²) < 4.78 is 26.4. The minimum atomic E-state index is -3.86. The van der Waals surface area contributed by atoms with Gasteiger partial charge in [-0.2, -0.15) is 0 Å². The van der Waals surface area contributed by atoms with Crippen LogP contribution in [0.5, 0.6) is 0 Å². The number of benzene rings is 1. The number of nitrogens with zero attached hydrogens (tertiary/aromatic N) is 2. The number of sulfonamides is 1. The van der Waals surface area contributed by atoms with E-state index in [1.165, 1.54) is 29.6 Å². The van der Waals surface area contributed by atoms with Gasteiger partial charge in [0.1, 0.15) is 0 Å². The van der Waals surface area contributed by atoms with Crippen molar-refractivity contribution >= 4 is 21.4 Å². The average Bonchev–Trinajstić information content (AvgIpc) is 3.22. The highest BCUT2D eigenvalue weighted by molar-refractivity contribution is 7.89. The van der Waals surface area contributed by atoms with Gasteiger partial charge < -0.3 is 5.32 Å². The van der Waals surface area contributed by atoms with Gasteiger partial charge in [-0.25, -0.2) is 12.7 Å². The molecular weight excluding hydrogens is 294 g/mol. The van der Waals surface area contributed by atoms with Crippen molar-refractivity contribution in [3.63, 3.8) is 0 Å². The first-order valence-corrected chi connectivity index (χ1v) is 8.29. The second kappa shape index (κ2) is 5.98. The Bertz CT molecular complexity index is 641. The number of nitro groups is 1. The number of nitro benzene ring substituents is 1. The summed E-state index contributed by atoms with van der Waals surface area (Å²) in [5.41, 5.74) is 0.167. The Labute approximate surface area is 124 Å². The van der Waals surface area contributed by atoms with Crippen molar-refractivity contribution < 1.29 is 13.3 Å². The van der Waals surface area contributed by atoms with Crippen LogP contribution in [0, 0.1) is 16.0 Å². The maximum atomic E-state index is 12.6. The van der Waals surface area contributed by atoms with E-state index in [0.29, 0.717) is 24.7 Å². The molecule has 1 aromatic rings. The third-order valence-electron chi connectivity index (χ3n) is 3.44. The zero-order valence-corrected chi connectivity index (χ0v) is 12.9. The monoisotopic (exact) mass is 313 g/mol. The lowest BCUT2D eigenvalue weighted by Crippen LogP contribution is -2.29. The van der Waals surface area contributed by atoms with Gasteiger partial charge >= 0.3 is 0 Å². The number of rotatable bonds is 7. The van der Waals surface area contributed by atoms with E-state index >= 15 is 0 Å². The minimum Gasteiger partial charge on any atom is -0.385 e. The van der Waals surface area contributed by atoms with Crippen molar-refractivity contribution in [2.75, 3.05) is 25.5 Å². The molecule has 1 fully saturated rings. The fourth-order valence-corrected chi connectivity index (χ4v) is 3.54. The van der Waals surface area contributed by atoms with Crippen LogP contribution in [-0.4, -0.2) is 37.8 Å². The van der Waals surface area contributed by atoms with Gasteiger partial charge in [-0.15, -0.1) is 0 Å². The maximum Gasteiger partial charge on any atom is 0.289 e. The van der Waals surface area contributed by atoms with Gasteiger partial charge in [0, 0.05) is 31.9 Å². The summed E-state index contributed by atoms with van der Waals surface area (Å²) in [7, 11) is -2.39. The second-order valence-electron chi connectivity index (χ2n) is 5.20. The molecule has 1 aromatic carbocycles. The van der Waals surface area contributed by atoms with Crippen LogP contribution in [0.4, 0.5) is 11.4 Å². The fraction of sp³-hybridized carbons (Fsp3) is 0.538. The highest BCUT2D eigenvalue weighted by atomic mass is 32.2. The molecule has 0 atom stereocenters. The Balaban J connectivity index is 2.42. The maximum absolute atomic E-state index is 12.6. The molecule has 8 heteroatoms. The smallest absolute Gasteiger partial charge is 0.289 e. The normalized spacial score (nSPS) is 15.2. The highest BCUT2D eigenvalue weighted by Gasteiger charge is 2.33. The van der Waals surface area contributed by atoms with Crippen LogP contribution in [-0.2, 0) is 10.0 Å². The van der Waals surface area contributed by atoms with E-state index in [1.54, 1.807) is 0 Å². The van der Waals surface area contributed by atoms with E-state index < -0.39 is 14.9 Å². The first-order valence-electron chi connectivity index (χ1n) is 6.85. The molecule has 1 aliphatic rings. The Morgan fingerprint density at radius 2 is 2.10 bits per heavy atom. The first kappa shape index (κ1) is 15.7. The summed E-state index contributed by atoms with van der Waals surface area (Å²) in [5, 5.41) is 14.1. The van der Waals surface area contributed by atoms with Gasteiger partial charge in [-0.3, -0.25) is 10.1 Å². The summed E-state index contributed by atoms with van der Waals surface area (Å²) in [6.45, 7) is 2.88. The van der Waals surface area contributed by atoms with Crippen molar-refractivity contribution in [2.45, 2.75) is 24.7 Å². The predicted molar refractivity (Wildman–Crippen MR) is 79.8 cm³/mol. The molecule has 2 rings (SSSR count). The molecule has 0 radical (unpaired) electrons. The molecule has 0 heterocycles. The Morgan fingerprint density at radius 3 is 2.62 bits per heavy atom. The van der Waals surface area contributed by atoms with Gasteiger partial charge in [-0.05, 0) is 37.8 Å². The molecule has 1 N–H and O–H groups in total. The van der Waals surface area contributed by atoms with E-state index in [-0.39, 0.29) is 10.6 Å². The molecule has 1 aliphatic carbocycles. The molecule has 0 saturated heterocycles. The quantitative estimate of drug-likeness (QED) is 0.614. The fourth-order valence-electron chi connectivity index (χ4n) is 2.12.